The maximum absolute atomic E-state index is 12.2. The second-order valence-corrected chi connectivity index (χ2v) is 5.95. The molecule has 1 N–H and O–H groups in total. The Hall–Kier alpha value is -1.58. The lowest BCUT2D eigenvalue weighted by Crippen LogP contribution is -2.47. The molecule has 0 spiro atoms. The van der Waals surface area contributed by atoms with Crippen molar-refractivity contribution in [3.63, 3.8) is 0 Å². The number of urea groups is 1. The zero-order valence-electron chi connectivity index (χ0n) is 11.9. The largest absolute Gasteiger partial charge is 0.335 e. The maximum Gasteiger partial charge on any atom is 0.317 e. The number of hydrogen-bond acceptors (Lipinski definition) is 2. The summed E-state index contributed by atoms with van der Waals surface area (Å²) in [4.78, 5) is 18.6. The van der Waals surface area contributed by atoms with Crippen molar-refractivity contribution >= 4 is 6.03 Å². The number of pyridine rings is 1. The molecule has 1 aromatic rings. The first-order valence-corrected chi connectivity index (χ1v) is 7.79. The van der Waals surface area contributed by atoms with Gasteiger partial charge in [0.05, 0.1) is 0 Å². The van der Waals surface area contributed by atoms with Crippen LogP contribution in [0.4, 0.5) is 4.79 Å². The predicted octanol–water partition coefficient (Wildman–Crippen LogP) is 2.91. The first-order valence-electron chi connectivity index (χ1n) is 7.79. The average molecular weight is 273 g/mol. The Bertz CT molecular complexity index is 434. The number of aromatic nitrogens is 1. The van der Waals surface area contributed by atoms with Crippen molar-refractivity contribution < 1.29 is 4.79 Å². The fourth-order valence-electron chi connectivity index (χ4n) is 3.33. The zero-order valence-corrected chi connectivity index (χ0v) is 11.9. The third-order valence-corrected chi connectivity index (χ3v) is 4.57. The van der Waals surface area contributed by atoms with Crippen molar-refractivity contribution in [1.82, 2.24) is 15.2 Å². The van der Waals surface area contributed by atoms with Gasteiger partial charge in [0.15, 0.2) is 0 Å². The van der Waals surface area contributed by atoms with Gasteiger partial charge >= 0.3 is 6.03 Å². The van der Waals surface area contributed by atoms with E-state index in [0.29, 0.717) is 12.0 Å². The number of piperidine rings is 1. The number of carbonyl (C=O) groups excluding carboxylic acids is 1. The first-order chi connectivity index (χ1) is 9.83. The van der Waals surface area contributed by atoms with Gasteiger partial charge in [0.1, 0.15) is 0 Å². The van der Waals surface area contributed by atoms with E-state index in [9.17, 15) is 4.79 Å². The van der Waals surface area contributed by atoms with E-state index < -0.39 is 0 Å². The summed E-state index contributed by atoms with van der Waals surface area (Å²) in [6.45, 7) is 1.69. The number of carbonyl (C=O) groups is 1. The predicted molar refractivity (Wildman–Crippen MR) is 78.6 cm³/mol. The zero-order chi connectivity index (χ0) is 13.8. The van der Waals surface area contributed by atoms with Crippen LogP contribution < -0.4 is 5.32 Å². The van der Waals surface area contributed by atoms with Crippen LogP contribution in [0.15, 0.2) is 24.4 Å². The molecule has 4 nitrogen and oxygen atoms in total. The van der Waals surface area contributed by atoms with Crippen molar-refractivity contribution in [2.75, 3.05) is 13.1 Å². The minimum atomic E-state index is 0.136. The van der Waals surface area contributed by atoms with Crippen LogP contribution in [0, 0.1) is 0 Å². The molecular weight excluding hydrogens is 250 g/mol. The topological polar surface area (TPSA) is 45.2 Å². The van der Waals surface area contributed by atoms with Crippen LogP contribution in [0.1, 0.15) is 50.1 Å². The molecule has 1 aliphatic heterocycles. The summed E-state index contributed by atoms with van der Waals surface area (Å²) in [5, 5.41) is 3.17. The van der Waals surface area contributed by atoms with Crippen LogP contribution in [-0.2, 0) is 0 Å². The van der Waals surface area contributed by atoms with Gasteiger partial charge in [-0.15, -0.1) is 0 Å². The van der Waals surface area contributed by atoms with E-state index in [0.717, 1.165) is 38.8 Å². The lowest BCUT2D eigenvalue weighted by molar-refractivity contribution is 0.177. The van der Waals surface area contributed by atoms with E-state index in [2.05, 4.69) is 16.4 Å². The molecule has 1 saturated carbocycles. The normalized spacial score (nSPS) is 21.1. The average Bonchev–Trinajstić information content (AvgIpc) is 3.01. The highest BCUT2D eigenvalue weighted by Crippen LogP contribution is 2.26. The Kier molecular flexibility index (Phi) is 4.19. The van der Waals surface area contributed by atoms with Crippen molar-refractivity contribution in [3.8, 4) is 0 Å². The van der Waals surface area contributed by atoms with Gasteiger partial charge in [-0.05, 0) is 37.8 Å². The molecule has 0 bridgehead atoms. The van der Waals surface area contributed by atoms with Crippen LogP contribution in [0.3, 0.4) is 0 Å². The van der Waals surface area contributed by atoms with Crippen LogP contribution in [-0.4, -0.2) is 35.0 Å². The molecule has 1 aliphatic carbocycles. The summed E-state index contributed by atoms with van der Waals surface area (Å²) in [6.07, 6.45) is 8.71. The SMILES string of the molecule is O=C(NC1CCCC1)N1CCC(c2ccccn2)CC1. The Morgan fingerprint density at radius 3 is 2.55 bits per heavy atom. The number of nitrogens with one attached hydrogen (secondary N) is 1. The quantitative estimate of drug-likeness (QED) is 0.900. The van der Waals surface area contributed by atoms with Gasteiger partial charge in [-0.3, -0.25) is 4.98 Å². The lowest BCUT2D eigenvalue weighted by atomic mass is 9.93. The first kappa shape index (κ1) is 13.4. The summed E-state index contributed by atoms with van der Waals surface area (Å²) in [6, 6.07) is 6.64. The molecule has 20 heavy (non-hydrogen) atoms. The van der Waals surface area contributed by atoms with E-state index in [4.69, 9.17) is 0 Å². The standard InChI is InChI=1S/C16H23N3O/c20-16(18-14-5-1-2-6-14)19-11-8-13(9-12-19)15-7-3-4-10-17-15/h3-4,7,10,13-14H,1-2,5-6,8-9,11-12H2,(H,18,20). The Balaban J connectivity index is 1.49. The van der Waals surface area contributed by atoms with Crippen LogP contribution >= 0.6 is 0 Å². The van der Waals surface area contributed by atoms with Crippen molar-refractivity contribution in [2.24, 2.45) is 0 Å². The molecule has 0 radical (unpaired) electrons. The van der Waals surface area contributed by atoms with E-state index in [1.54, 1.807) is 0 Å². The summed E-state index contributed by atoms with van der Waals surface area (Å²) in [5.74, 6) is 0.506. The maximum atomic E-state index is 12.2. The van der Waals surface area contributed by atoms with Gasteiger partial charge in [0.25, 0.3) is 0 Å². The van der Waals surface area contributed by atoms with Gasteiger partial charge < -0.3 is 10.2 Å². The van der Waals surface area contributed by atoms with Crippen molar-refractivity contribution in [3.05, 3.63) is 30.1 Å². The Labute approximate surface area is 120 Å². The molecule has 4 heteroatoms. The van der Waals surface area contributed by atoms with E-state index in [1.807, 2.05) is 23.2 Å². The van der Waals surface area contributed by atoms with E-state index >= 15 is 0 Å². The fourth-order valence-corrected chi connectivity index (χ4v) is 3.33. The molecule has 0 atom stereocenters. The number of rotatable bonds is 2. The number of nitrogens with zero attached hydrogens (tertiary/aromatic N) is 2. The van der Waals surface area contributed by atoms with Gasteiger partial charge in [0, 0.05) is 36.9 Å². The van der Waals surface area contributed by atoms with Crippen LogP contribution in [0.2, 0.25) is 0 Å². The second kappa shape index (κ2) is 6.25. The van der Waals surface area contributed by atoms with Crippen molar-refractivity contribution in [1.29, 1.82) is 0 Å². The monoisotopic (exact) mass is 273 g/mol. The highest BCUT2D eigenvalue weighted by atomic mass is 16.2. The molecule has 2 fully saturated rings. The minimum absolute atomic E-state index is 0.136. The van der Waals surface area contributed by atoms with Gasteiger partial charge in [-0.1, -0.05) is 18.9 Å². The molecular formula is C16H23N3O. The Morgan fingerprint density at radius 2 is 1.90 bits per heavy atom. The minimum Gasteiger partial charge on any atom is -0.335 e. The summed E-state index contributed by atoms with van der Waals surface area (Å²) in [7, 11) is 0. The second-order valence-electron chi connectivity index (χ2n) is 5.95. The number of amides is 2. The smallest absolute Gasteiger partial charge is 0.317 e. The number of hydrogen-bond donors (Lipinski definition) is 1. The molecule has 3 rings (SSSR count). The molecule has 0 aromatic carbocycles. The molecule has 2 amide bonds. The van der Waals surface area contributed by atoms with E-state index in [1.165, 1.54) is 18.5 Å². The van der Waals surface area contributed by atoms with Crippen LogP contribution in [0.5, 0.6) is 0 Å². The molecule has 0 unspecified atom stereocenters. The molecule has 2 aliphatic rings. The van der Waals surface area contributed by atoms with E-state index in [-0.39, 0.29) is 6.03 Å². The van der Waals surface area contributed by atoms with Gasteiger partial charge in [0.2, 0.25) is 0 Å². The number of likely N-dealkylation sites (tertiary alicyclic amines) is 1. The fraction of sp³-hybridized carbons (Fsp3) is 0.625. The van der Waals surface area contributed by atoms with Crippen LogP contribution in [0.25, 0.3) is 0 Å². The third-order valence-electron chi connectivity index (χ3n) is 4.57. The Morgan fingerprint density at radius 1 is 1.15 bits per heavy atom. The van der Waals surface area contributed by atoms with Gasteiger partial charge in [-0.2, -0.15) is 0 Å². The summed E-state index contributed by atoms with van der Waals surface area (Å²) < 4.78 is 0. The van der Waals surface area contributed by atoms with Gasteiger partial charge in [-0.25, -0.2) is 4.79 Å². The third kappa shape index (κ3) is 3.11. The van der Waals surface area contributed by atoms with Crippen molar-refractivity contribution in [2.45, 2.75) is 50.5 Å². The molecule has 2 heterocycles. The highest BCUT2D eigenvalue weighted by molar-refractivity contribution is 5.74. The molecule has 1 saturated heterocycles. The molecule has 108 valence electrons. The highest BCUT2D eigenvalue weighted by Gasteiger charge is 2.26. The lowest BCUT2D eigenvalue weighted by Gasteiger charge is -2.32. The summed E-state index contributed by atoms with van der Waals surface area (Å²) in [5.41, 5.74) is 1.17. The summed E-state index contributed by atoms with van der Waals surface area (Å²) >= 11 is 0. The molecule has 1 aromatic heterocycles.